The van der Waals surface area contributed by atoms with Crippen molar-refractivity contribution in [2.75, 3.05) is 13.3 Å². The molecule has 0 aliphatic heterocycles. The van der Waals surface area contributed by atoms with Crippen molar-refractivity contribution in [1.82, 2.24) is 8.85 Å². The summed E-state index contributed by atoms with van der Waals surface area (Å²) in [5, 5.41) is 19.3. The molecule has 0 aromatic heterocycles. The molecule has 0 saturated carbocycles. The van der Waals surface area contributed by atoms with Crippen LogP contribution in [0.4, 0.5) is 0 Å². The predicted molar refractivity (Wildman–Crippen MR) is 38.3 cm³/mol. The van der Waals surface area contributed by atoms with Gasteiger partial charge in [-0.2, -0.15) is 0 Å². The van der Waals surface area contributed by atoms with Crippen molar-refractivity contribution >= 4 is 22.9 Å². The highest BCUT2D eigenvalue weighted by molar-refractivity contribution is 14.1. The summed E-state index contributed by atoms with van der Waals surface area (Å²) in [5.74, 6) is 0. The molecule has 0 heterocycles. The summed E-state index contributed by atoms with van der Waals surface area (Å²) in [6, 6.07) is 0. The number of rotatable bonds is 4. The molecule has 1 atom stereocenters. The summed E-state index contributed by atoms with van der Waals surface area (Å²) < 4.78 is 2.70. The van der Waals surface area contributed by atoms with E-state index in [9.17, 15) is 0 Å². The number of halogens is 1. The molecule has 0 aliphatic rings. The summed E-state index contributed by atoms with van der Waals surface area (Å²) in [6.07, 6.45) is -0.656. The first-order chi connectivity index (χ1) is 3.81. The summed E-state index contributed by atoms with van der Waals surface area (Å²) in [7, 11) is 0. The quantitative estimate of drug-likeness (QED) is 0.279. The Bertz CT molecular complexity index is 48.5. The van der Waals surface area contributed by atoms with E-state index in [4.69, 9.17) is 10.2 Å². The van der Waals surface area contributed by atoms with Gasteiger partial charge < -0.3 is 10.2 Å². The second kappa shape index (κ2) is 5.70. The second-order valence-electron chi connectivity index (χ2n) is 1.22. The first kappa shape index (κ1) is 8.57. The van der Waals surface area contributed by atoms with Crippen LogP contribution in [0.1, 0.15) is 0 Å². The van der Waals surface area contributed by atoms with Crippen LogP contribution in [0.25, 0.3) is 0 Å². The second-order valence-corrected chi connectivity index (χ2v) is 1.98. The van der Waals surface area contributed by atoms with Crippen LogP contribution in [-0.4, -0.2) is 29.7 Å². The van der Waals surface area contributed by atoms with Crippen molar-refractivity contribution in [3.63, 3.8) is 0 Å². The lowest BCUT2D eigenvalue weighted by molar-refractivity contribution is 0.103. The normalized spacial score (nSPS) is 13.9. The zero-order chi connectivity index (χ0) is 6.41. The topological polar surface area (TPSA) is 64.5 Å². The lowest BCUT2D eigenvalue weighted by Gasteiger charge is -2.07. The van der Waals surface area contributed by atoms with E-state index in [1.165, 1.54) is 0 Å². The molecular weight excluding hydrogens is 223 g/mol. The Balaban J connectivity index is 2.92. The average Bonchev–Trinajstić information content (AvgIpc) is 1.68. The molecule has 4 N–H and O–H groups in total. The van der Waals surface area contributed by atoms with E-state index in [1.807, 2.05) is 22.9 Å². The fourth-order valence-corrected chi connectivity index (χ4v) is 0.668. The van der Waals surface area contributed by atoms with E-state index in [-0.39, 0.29) is 6.73 Å². The monoisotopic (exact) mass is 232 g/mol. The van der Waals surface area contributed by atoms with Gasteiger partial charge in [-0.15, -0.1) is 0 Å². The smallest absolute Gasteiger partial charge is 0.120 e. The zero-order valence-electron chi connectivity index (χ0n) is 4.26. The Labute approximate surface area is 61.8 Å². The molecule has 4 nitrogen and oxygen atoms in total. The standard InChI is InChI=1S/C3H9IN2O2/c4-6-1-3(8)5-2-7/h3,5-8H,1-2H2. The van der Waals surface area contributed by atoms with E-state index in [0.717, 1.165) is 0 Å². The Morgan fingerprint density at radius 1 is 1.62 bits per heavy atom. The third-order valence-electron chi connectivity index (χ3n) is 0.597. The Morgan fingerprint density at radius 2 is 2.25 bits per heavy atom. The van der Waals surface area contributed by atoms with Gasteiger partial charge in [0.05, 0.1) is 6.73 Å². The number of nitrogens with one attached hydrogen (secondary N) is 2. The summed E-state index contributed by atoms with van der Waals surface area (Å²) >= 11 is 1.91. The fourth-order valence-electron chi connectivity index (χ4n) is 0.251. The van der Waals surface area contributed by atoms with E-state index in [0.29, 0.717) is 6.54 Å². The van der Waals surface area contributed by atoms with Crippen molar-refractivity contribution < 1.29 is 10.2 Å². The molecule has 5 heteroatoms. The lowest BCUT2D eigenvalue weighted by atomic mass is 10.6. The van der Waals surface area contributed by atoms with Gasteiger partial charge in [0.25, 0.3) is 0 Å². The lowest BCUT2D eigenvalue weighted by Crippen LogP contribution is -2.35. The molecule has 0 aromatic rings. The van der Waals surface area contributed by atoms with Gasteiger partial charge in [0.2, 0.25) is 0 Å². The van der Waals surface area contributed by atoms with Gasteiger partial charge >= 0.3 is 0 Å². The molecule has 0 amide bonds. The fraction of sp³-hybridized carbons (Fsp3) is 1.00. The Morgan fingerprint density at radius 3 is 2.62 bits per heavy atom. The van der Waals surface area contributed by atoms with Crippen molar-refractivity contribution in [3.05, 3.63) is 0 Å². The SMILES string of the molecule is OCNC(O)CNI. The van der Waals surface area contributed by atoms with Gasteiger partial charge in [-0.25, -0.2) is 0 Å². The maximum Gasteiger partial charge on any atom is 0.120 e. The zero-order valence-corrected chi connectivity index (χ0v) is 6.42. The van der Waals surface area contributed by atoms with Crippen molar-refractivity contribution in [1.29, 1.82) is 0 Å². The molecule has 1 unspecified atom stereocenters. The molecule has 50 valence electrons. The van der Waals surface area contributed by atoms with Crippen LogP contribution in [-0.2, 0) is 0 Å². The first-order valence-corrected chi connectivity index (χ1v) is 3.25. The van der Waals surface area contributed by atoms with E-state index in [2.05, 4.69) is 8.85 Å². The molecule has 0 fully saturated rings. The van der Waals surface area contributed by atoms with Crippen LogP contribution in [0.2, 0.25) is 0 Å². The predicted octanol–water partition coefficient (Wildman–Crippen LogP) is -1.22. The van der Waals surface area contributed by atoms with Crippen LogP contribution in [0.5, 0.6) is 0 Å². The number of hydrogen-bond donors (Lipinski definition) is 4. The highest BCUT2D eigenvalue weighted by atomic mass is 127. The molecule has 0 aromatic carbocycles. The van der Waals surface area contributed by atoms with Crippen molar-refractivity contribution in [3.8, 4) is 0 Å². The molecule has 0 spiro atoms. The van der Waals surface area contributed by atoms with Crippen LogP contribution in [0.15, 0.2) is 0 Å². The highest BCUT2D eigenvalue weighted by Crippen LogP contribution is 1.74. The molecule has 0 aliphatic carbocycles. The molecule has 0 bridgehead atoms. The van der Waals surface area contributed by atoms with E-state index in [1.54, 1.807) is 0 Å². The maximum atomic E-state index is 8.71. The van der Waals surface area contributed by atoms with Gasteiger partial charge in [0.15, 0.2) is 0 Å². The molecule has 0 radical (unpaired) electrons. The van der Waals surface area contributed by atoms with Crippen molar-refractivity contribution in [2.24, 2.45) is 0 Å². The number of aliphatic hydroxyl groups is 2. The van der Waals surface area contributed by atoms with Crippen LogP contribution >= 0.6 is 22.9 Å². The van der Waals surface area contributed by atoms with E-state index >= 15 is 0 Å². The van der Waals surface area contributed by atoms with Gasteiger partial charge in [-0.1, -0.05) is 0 Å². The maximum absolute atomic E-state index is 8.71. The summed E-state index contributed by atoms with van der Waals surface area (Å²) in [5.41, 5.74) is 0. The van der Waals surface area contributed by atoms with Crippen LogP contribution < -0.4 is 8.85 Å². The largest absolute Gasteiger partial charge is 0.381 e. The van der Waals surface area contributed by atoms with Gasteiger partial charge in [-0.05, 0) is 0 Å². The summed E-state index contributed by atoms with van der Waals surface area (Å²) in [6.45, 7) is 0.237. The number of hydrogen-bond acceptors (Lipinski definition) is 4. The van der Waals surface area contributed by atoms with Gasteiger partial charge in [-0.3, -0.25) is 8.85 Å². The van der Waals surface area contributed by atoms with Crippen molar-refractivity contribution in [2.45, 2.75) is 6.23 Å². The van der Waals surface area contributed by atoms with Crippen LogP contribution in [0.3, 0.4) is 0 Å². The minimum Gasteiger partial charge on any atom is -0.381 e. The van der Waals surface area contributed by atoms with Gasteiger partial charge in [0.1, 0.15) is 6.23 Å². The average molecular weight is 232 g/mol. The minimum atomic E-state index is -0.656. The minimum absolute atomic E-state index is 0.195. The molecule has 0 saturated heterocycles. The third-order valence-corrected chi connectivity index (χ3v) is 1.04. The molecule has 8 heavy (non-hydrogen) atoms. The first-order valence-electron chi connectivity index (χ1n) is 2.17. The van der Waals surface area contributed by atoms with Gasteiger partial charge in [0, 0.05) is 29.4 Å². The Hall–Kier alpha value is 0.570. The molecule has 0 rings (SSSR count). The van der Waals surface area contributed by atoms with Crippen LogP contribution in [0, 0.1) is 0 Å². The molecular formula is C3H9IN2O2. The number of aliphatic hydroxyl groups excluding tert-OH is 2. The van der Waals surface area contributed by atoms with E-state index < -0.39 is 6.23 Å². The Kier molecular flexibility index (Phi) is 6.11. The summed E-state index contributed by atoms with van der Waals surface area (Å²) in [4.78, 5) is 0. The highest BCUT2D eigenvalue weighted by Gasteiger charge is 1.96. The third kappa shape index (κ3) is 4.72.